The zero-order chi connectivity index (χ0) is 14.5. The minimum atomic E-state index is -4.37. The molecule has 3 nitrogen and oxygen atoms in total. The van der Waals surface area contributed by atoms with Crippen LogP contribution in [0.1, 0.15) is 19.4 Å². The van der Waals surface area contributed by atoms with Crippen LogP contribution >= 0.6 is 0 Å². The monoisotopic (exact) mass is 275 g/mol. The Labute approximate surface area is 110 Å². The van der Waals surface area contributed by atoms with Crippen LogP contribution in [0.4, 0.5) is 18.9 Å². The molecule has 0 aliphatic heterocycles. The van der Waals surface area contributed by atoms with Gasteiger partial charge in [0.05, 0.1) is 5.56 Å². The van der Waals surface area contributed by atoms with Crippen molar-refractivity contribution in [3.63, 3.8) is 0 Å². The molecule has 0 aliphatic carbocycles. The summed E-state index contributed by atoms with van der Waals surface area (Å²) in [6, 6.07) is 4.50. The van der Waals surface area contributed by atoms with Crippen molar-refractivity contribution in [2.75, 3.05) is 24.7 Å². The Bertz CT molecular complexity index is 415. The standard InChI is InChI=1S/C13H16F3NO2/c1-3-17(12(18)9-19-4-2)11-7-5-10(6-8-11)13(14,15)16/h5-8H,3-4,9H2,1-2H3. The minimum absolute atomic E-state index is 0.0780. The molecule has 1 amide bonds. The van der Waals surface area contributed by atoms with Crippen molar-refractivity contribution in [3.05, 3.63) is 29.8 Å². The number of rotatable bonds is 5. The zero-order valence-electron chi connectivity index (χ0n) is 10.8. The first kappa shape index (κ1) is 15.5. The van der Waals surface area contributed by atoms with E-state index in [4.69, 9.17) is 4.74 Å². The number of carbonyl (C=O) groups is 1. The summed E-state index contributed by atoms with van der Waals surface area (Å²) in [5.41, 5.74) is -0.301. The summed E-state index contributed by atoms with van der Waals surface area (Å²) in [5, 5.41) is 0. The number of benzene rings is 1. The third-order valence-corrected chi connectivity index (χ3v) is 2.55. The number of hydrogen-bond acceptors (Lipinski definition) is 2. The molecule has 0 heterocycles. The molecular weight excluding hydrogens is 259 g/mol. The number of likely N-dealkylation sites (N-methyl/N-ethyl adjacent to an activating group) is 1. The lowest BCUT2D eigenvalue weighted by atomic mass is 10.2. The van der Waals surface area contributed by atoms with E-state index in [2.05, 4.69) is 0 Å². The molecule has 0 radical (unpaired) electrons. The van der Waals surface area contributed by atoms with Gasteiger partial charge in [0.25, 0.3) is 5.91 Å². The Morgan fingerprint density at radius 1 is 1.21 bits per heavy atom. The number of halogens is 3. The number of hydrogen-bond donors (Lipinski definition) is 0. The molecule has 0 saturated carbocycles. The molecule has 0 bridgehead atoms. The maximum atomic E-state index is 12.4. The van der Waals surface area contributed by atoms with Crippen molar-refractivity contribution in [3.8, 4) is 0 Å². The van der Waals surface area contributed by atoms with Crippen LogP contribution in [0.3, 0.4) is 0 Å². The summed E-state index contributed by atoms with van der Waals surface area (Å²) in [6.45, 7) is 4.22. The summed E-state index contributed by atoms with van der Waals surface area (Å²) < 4.78 is 42.3. The summed E-state index contributed by atoms with van der Waals surface area (Å²) in [7, 11) is 0. The number of carbonyl (C=O) groups excluding carboxylic acids is 1. The summed E-state index contributed by atoms with van der Waals surface area (Å²) in [4.78, 5) is 13.2. The first-order chi connectivity index (χ1) is 8.90. The number of nitrogens with zero attached hydrogens (tertiary/aromatic N) is 1. The maximum absolute atomic E-state index is 12.4. The lowest BCUT2D eigenvalue weighted by Crippen LogP contribution is -2.33. The number of amides is 1. The molecule has 1 rings (SSSR count). The average Bonchev–Trinajstić information content (AvgIpc) is 2.37. The maximum Gasteiger partial charge on any atom is 0.416 e. The van der Waals surface area contributed by atoms with Gasteiger partial charge in [0.15, 0.2) is 0 Å². The Hall–Kier alpha value is -1.56. The second-order valence-corrected chi connectivity index (χ2v) is 3.82. The van der Waals surface area contributed by atoms with E-state index in [1.54, 1.807) is 13.8 Å². The smallest absolute Gasteiger partial charge is 0.372 e. The van der Waals surface area contributed by atoms with Crippen molar-refractivity contribution >= 4 is 11.6 Å². The molecule has 0 atom stereocenters. The number of anilines is 1. The molecule has 0 spiro atoms. The van der Waals surface area contributed by atoms with E-state index in [9.17, 15) is 18.0 Å². The molecule has 0 aromatic heterocycles. The third-order valence-electron chi connectivity index (χ3n) is 2.55. The van der Waals surface area contributed by atoms with E-state index >= 15 is 0 Å². The highest BCUT2D eigenvalue weighted by Crippen LogP contribution is 2.30. The van der Waals surface area contributed by atoms with Gasteiger partial charge in [0.2, 0.25) is 0 Å². The summed E-state index contributed by atoms with van der Waals surface area (Å²) >= 11 is 0. The van der Waals surface area contributed by atoms with Crippen molar-refractivity contribution < 1.29 is 22.7 Å². The molecule has 106 valence electrons. The van der Waals surface area contributed by atoms with Crippen LogP contribution in [-0.2, 0) is 15.7 Å². The first-order valence-electron chi connectivity index (χ1n) is 5.95. The molecule has 0 saturated heterocycles. The van der Waals surface area contributed by atoms with Gasteiger partial charge in [-0.1, -0.05) is 0 Å². The van der Waals surface area contributed by atoms with Gasteiger partial charge < -0.3 is 9.64 Å². The molecule has 0 fully saturated rings. The topological polar surface area (TPSA) is 29.5 Å². The predicted octanol–water partition coefficient (Wildman–Crippen LogP) is 3.09. The Balaban J connectivity index is 2.85. The Morgan fingerprint density at radius 3 is 2.21 bits per heavy atom. The van der Waals surface area contributed by atoms with Crippen LogP contribution < -0.4 is 4.90 Å². The van der Waals surface area contributed by atoms with Gasteiger partial charge in [-0.05, 0) is 38.1 Å². The highest BCUT2D eigenvalue weighted by atomic mass is 19.4. The largest absolute Gasteiger partial charge is 0.416 e. The van der Waals surface area contributed by atoms with Gasteiger partial charge in [-0.15, -0.1) is 0 Å². The molecule has 0 unspecified atom stereocenters. The lowest BCUT2D eigenvalue weighted by Gasteiger charge is -2.21. The van der Waals surface area contributed by atoms with E-state index in [0.29, 0.717) is 18.8 Å². The Morgan fingerprint density at radius 2 is 1.79 bits per heavy atom. The van der Waals surface area contributed by atoms with Crippen molar-refractivity contribution in [1.29, 1.82) is 0 Å². The SMILES string of the molecule is CCOCC(=O)N(CC)c1ccc(C(F)(F)F)cc1. The molecule has 0 aliphatic rings. The van der Waals surface area contributed by atoms with Gasteiger partial charge in [0, 0.05) is 18.8 Å². The molecule has 19 heavy (non-hydrogen) atoms. The van der Waals surface area contributed by atoms with Gasteiger partial charge >= 0.3 is 6.18 Å². The van der Waals surface area contributed by atoms with Gasteiger partial charge in [-0.3, -0.25) is 4.79 Å². The second-order valence-electron chi connectivity index (χ2n) is 3.82. The first-order valence-corrected chi connectivity index (χ1v) is 5.95. The molecule has 0 N–H and O–H groups in total. The van der Waals surface area contributed by atoms with Gasteiger partial charge in [-0.25, -0.2) is 0 Å². The van der Waals surface area contributed by atoms with E-state index in [1.807, 2.05) is 0 Å². The fraction of sp³-hybridized carbons (Fsp3) is 0.462. The number of ether oxygens (including phenoxy) is 1. The highest BCUT2D eigenvalue weighted by Gasteiger charge is 2.30. The average molecular weight is 275 g/mol. The van der Waals surface area contributed by atoms with Crippen LogP contribution in [0.2, 0.25) is 0 Å². The molecule has 6 heteroatoms. The van der Waals surface area contributed by atoms with Crippen LogP contribution in [0.15, 0.2) is 24.3 Å². The van der Waals surface area contributed by atoms with Gasteiger partial charge in [-0.2, -0.15) is 13.2 Å². The van der Waals surface area contributed by atoms with Gasteiger partial charge in [0.1, 0.15) is 6.61 Å². The normalized spacial score (nSPS) is 11.4. The van der Waals surface area contributed by atoms with E-state index in [1.165, 1.54) is 17.0 Å². The second kappa shape index (κ2) is 6.56. The van der Waals surface area contributed by atoms with Crippen molar-refractivity contribution in [2.45, 2.75) is 20.0 Å². The van der Waals surface area contributed by atoms with Crippen molar-refractivity contribution in [1.82, 2.24) is 0 Å². The van der Waals surface area contributed by atoms with Crippen LogP contribution in [-0.4, -0.2) is 25.7 Å². The van der Waals surface area contributed by atoms with E-state index in [-0.39, 0.29) is 12.5 Å². The summed E-state index contributed by atoms with van der Waals surface area (Å²) in [6.07, 6.45) is -4.37. The highest BCUT2D eigenvalue weighted by molar-refractivity contribution is 5.94. The van der Waals surface area contributed by atoms with E-state index < -0.39 is 11.7 Å². The zero-order valence-corrected chi connectivity index (χ0v) is 10.8. The fourth-order valence-electron chi connectivity index (χ4n) is 1.60. The van der Waals surface area contributed by atoms with E-state index in [0.717, 1.165) is 12.1 Å². The third kappa shape index (κ3) is 4.24. The number of alkyl halides is 3. The van der Waals surface area contributed by atoms with Crippen molar-refractivity contribution in [2.24, 2.45) is 0 Å². The fourth-order valence-corrected chi connectivity index (χ4v) is 1.60. The lowest BCUT2D eigenvalue weighted by molar-refractivity contribution is -0.137. The molecular formula is C13H16F3NO2. The molecule has 1 aromatic carbocycles. The summed E-state index contributed by atoms with van der Waals surface area (Å²) in [5.74, 6) is -0.274. The Kier molecular flexibility index (Phi) is 5.35. The quantitative estimate of drug-likeness (QED) is 0.826. The van der Waals surface area contributed by atoms with Crippen LogP contribution in [0, 0.1) is 0 Å². The van der Waals surface area contributed by atoms with Crippen LogP contribution in [0.25, 0.3) is 0 Å². The predicted molar refractivity (Wildman–Crippen MR) is 66.0 cm³/mol. The minimum Gasteiger partial charge on any atom is -0.372 e. The van der Waals surface area contributed by atoms with Crippen LogP contribution in [0.5, 0.6) is 0 Å². The molecule has 1 aromatic rings.